The van der Waals surface area contributed by atoms with Gasteiger partial charge in [0.2, 0.25) is 0 Å². The molecule has 2 heterocycles. The molecule has 6 heteroatoms. The Morgan fingerprint density at radius 1 is 1.33 bits per heavy atom. The zero-order chi connectivity index (χ0) is 18.6. The SMILES string of the molecule is CC[C@@H]1CN(C(=O)N[C@@H]2CCCc3c2cnn3Cc2ccccc2)CCO1. The molecule has 1 saturated heterocycles. The normalized spacial score (nSPS) is 22.3. The summed E-state index contributed by atoms with van der Waals surface area (Å²) in [6, 6.07) is 10.5. The van der Waals surface area contributed by atoms with E-state index in [4.69, 9.17) is 4.74 Å². The Kier molecular flexibility index (Phi) is 5.43. The van der Waals surface area contributed by atoms with Crippen LogP contribution in [-0.2, 0) is 17.7 Å². The summed E-state index contributed by atoms with van der Waals surface area (Å²) >= 11 is 0. The molecule has 2 amide bonds. The summed E-state index contributed by atoms with van der Waals surface area (Å²) in [4.78, 5) is 14.7. The van der Waals surface area contributed by atoms with Gasteiger partial charge in [-0.2, -0.15) is 5.10 Å². The standard InChI is InChI=1S/C21H28N4O2/c1-2-17-15-24(11-12-27-17)21(26)23-19-9-6-10-20-18(19)13-22-25(20)14-16-7-4-3-5-8-16/h3-5,7-8,13,17,19H,2,6,9-12,14-15H2,1H3,(H,23,26)/t17-,19-/m1/s1. The third kappa shape index (κ3) is 4.00. The molecule has 0 bridgehead atoms. The highest BCUT2D eigenvalue weighted by molar-refractivity contribution is 5.75. The van der Waals surface area contributed by atoms with Gasteiger partial charge in [-0.1, -0.05) is 37.3 Å². The third-order valence-corrected chi connectivity index (χ3v) is 5.62. The first kappa shape index (κ1) is 18.0. The predicted molar refractivity (Wildman–Crippen MR) is 104 cm³/mol. The van der Waals surface area contributed by atoms with E-state index in [0.29, 0.717) is 19.7 Å². The van der Waals surface area contributed by atoms with Crippen molar-refractivity contribution in [2.45, 2.75) is 51.3 Å². The fourth-order valence-corrected chi connectivity index (χ4v) is 4.05. The Balaban J connectivity index is 1.45. The lowest BCUT2D eigenvalue weighted by atomic mass is 9.93. The van der Waals surface area contributed by atoms with Crippen LogP contribution in [0.2, 0.25) is 0 Å². The molecule has 4 rings (SSSR count). The first-order valence-corrected chi connectivity index (χ1v) is 10.00. The zero-order valence-corrected chi connectivity index (χ0v) is 15.9. The number of aromatic nitrogens is 2. The molecule has 1 aromatic carbocycles. The summed E-state index contributed by atoms with van der Waals surface area (Å²) < 4.78 is 7.77. The van der Waals surface area contributed by atoms with Crippen molar-refractivity contribution in [1.29, 1.82) is 0 Å². The van der Waals surface area contributed by atoms with Gasteiger partial charge in [0.25, 0.3) is 0 Å². The first-order valence-electron chi connectivity index (χ1n) is 10.00. The molecular formula is C21H28N4O2. The lowest BCUT2D eigenvalue weighted by molar-refractivity contribution is -0.0157. The van der Waals surface area contributed by atoms with Crippen molar-refractivity contribution in [3.63, 3.8) is 0 Å². The van der Waals surface area contributed by atoms with Crippen LogP contribution >= 0.6 is 0 Å². The van der Waals surface area contributed by atoms with Gasteiger partial charge >= 0.3 is 6.03 Å². The summed E-state index contributed by atoms with van der Waals surface area (Å²) in [5.74, 6) is 0. The summed E-state index contributed by atoms with van der Waals surface area (Å²) in [6.07, 6.45) is 6.08. The topological polar surface area (TPSA) is 59.4 Å². The second kappa shape index (κ2) is 8.13. The third-order valence-electron chi connectivity index (χ3n) is 5.62. The van der Waals surface area contributed by atoms with Gasteiger partial charge in [0.15, 0.2) is 0 Å². The summed E-state index contributed by atoms with van der Waals surface area (Å²) in [5, 5.41) is 7.86. The minimum atomic E-state index is 0.0189. The monoisotopic (exact) mass is 368 g/mol. The highest BCUT2D eigenvalue weighted by Gasteiger charge is 2.29. The molecule has 1 fully saturated rings. The van der Waals surface area contributed by atoms with E-state index in [1.54, 1.807) is 0 Å². The molecule has 1 aliphatic carbocycles. The molecule has 0 radical (unpaired) electrons. The number of fused-ring (bicyclic) bond motifs is 1. The Hall–Kier alpha value is -2.34. The van der Waals surface area contributed by atoms with Crippen molar-refractivity contribution >= 4 is 6.03 Å². The molecule has 0 spiro atoms. The number of nitrogens with one attached hydrogen (secondary N) is 1. The smallest absolute Gasteiger partial charge is 0.318 e. The summed E-state index contributed by atoms with van der Waals surface area (Å²) in [7, 11) is 0. The minimum Gasteiger partial charge on any atom is -0.375 e. The number of morpholine rings is 1. The highest BCUT2D eigenvalue weighted by atomic mass is 16.5. The van der Waals surface area contributed by atoms with Crippen molar-refractivity contribution in [3.05, 3.63) is 53.3 Å². The van der Waals surface area contributed by atoms with Crippen LogP contribution in [0.15, 0.2) is 36.5 Å². The van der Waals surface area contributed by atoms with Gasteiger partial charge in [0, 0.05) is 24.3 Å². The Morgan fingerprint density at radius 3 is 3.00 bits per heavy atom. The second-order valence-electron chi connectivity index (χ2n) is 7.43. The van der Waals surface area contributed by atoms with Crippen LogP contribution in [0.4, 0.5) is 4.79 Å². The predicted octanol–water partition coefficient (Wildman–Crippen LogP) is 3.13. The van der Waals surface area contributed by atoms with Gasteiger partial charge in [-0.25, -0.2) is 4.79 Å². The van der Waals surface area contributed by atoms with Gasteiger partial charge in [-0.3, -0.25) is 4.68 Å². The fourth-order valence-electron chi connectivity index (χ4n) is 4.05. The second-order valence-corrected chi connectivity index (χ2v) is 7.43. The number of hydrogen-bond donors (Lipinski definition) is 1. The van der Waals surface area contributed by atoms with E-state index in [1.165, 1.54) is 16.8 Å². The Morgan fingerprint density at radius 2 is 2.19 bits per heavy atom. The van der Waals surface area contributed by atoms with E-state index in [9.17, 15) is 4.79 Å². The van der Waals surface area contributed by atoms with Crippen LogP contribution in [0.5, 0.6) is 0 Å². The molecule has 1 aliphatic heterocycles. The number of urea groups is 1. The van der Waals surface area contributed by atoms with Gasteiger partial charge in [0.05, 0.1) is 31.5 Å². The number of nitrogens with zero attached hydrogens (tertiary/aromatic N) is 3. The molecule has 2 aromatic rings. The molecule has 0 saturated carbocycles. The minimum absolute atomic E-state index is 0.0189. The average Bonchev–Trinajstić information content (AvgIpc) is 3.12. The number of benzene rings is 1. The van der Waals surface area contributed by atoms with E-state index in [0.717, 1.165) is 32.2 Å². The molecule has 1 aromatic heterocycles. The van der Waals surface area contributed by atoms with Crippen LogP contribution < -0.4 is 5.32 Å². The quantitative estimate of drug-likeness (QED) is 0.902. The Bertz CT molecular complexity index is 774. The van der Waals surface area contributed by atoms with E-state index >= 15 is 0 Å². The average molecular weight is 368 g/mol. The molecule has 0 unspecified atom stereocenters. The fraction of sp³-hybridized carbons (Fsp3) is 0.524. The van der Waals surface area contributed by atoms with Gasteiger partial charge < -0.3 is 15.0 Å². The van der Waals surface area contributed by atoms with E-state index < -0.39 is 0 Å². The van der Waals surface area contributed by atoms with Gasteiger partial charge in [-0.15, -0.1) is 0 Å². The zero-order valence-electron chi connectivity index (χ0n) is 15.9. The Labute approximate surface area is 160 Å². The van der Waals surface area contributed by atoms with Crippen LogP contribution in [0, 0.1) is 0 Å². The first-order chi connectivity index (χ1) is 13.2. The maximum atomic E-state index is 12.8. The lowest BCUT2D eigenvalue weighted by Crippen LogP contribution is -2.50. The summed E-state index contributed by atoms with van der Waals surface area (Å²) in [6.45, 7) is 4.83. The number of carbonyl (C=O) groups is 1. The molecule has 6 nitrogen and oxygen atoms in total. The highest BCUT2D eigenvalue weighted by Crippen LogP contribution is 2.30. The number of amides is 2. The molecular weight excluding hydrogens is 340 g/mol. The number of rotatable bonds is 4. The van der Waals surface area contributed by atoms with E-state index in [1.807, 2.05) is 17.2 Å². The van der Waals surface area contributed by atoms with E-state index in [-0.39, 0.29) is 18.2 Å². The van der Waals surface area contributed by atoms with Crippen molar-refractivity contribution in [2.75, 3.05) is 19.7 Å². The number of carbonyl (C=O) groups excluding carboxylic acids is 1. The molecule has 1 N–H and O–H groups in total. The van der Waals surface area contributed by atoms with Crippen LogP contribution in [0.1, 0.15) is 49.0 Å². The molecule has 2 aliphatic rings. The van der Waals surface area contributed by atoms with Crippen molar-refractivity contribution < 1.29 is 9.53 Å². The van der Waals surface area contributed by atoms with E-state index in [2.05, 4.69) is 46.3 Å². The van der Waals surface area contributed by atoms with Crippen LogP contribution in [-0.4, -0.2) is 46.5 Å². The van der Waals surface area contributed by atoms with Crippen LogP contribution in [0.3, 0.4) is 0 Å². The molecule has 27 heavy (non-hydrogen) atoms. The maximum Gasteiger partial charge on any atom is 0.318 e. The largest absolute Gasteiger partial charge is 0.375 e. The number of ether oxygens (including phenoxy) is 1. The maximum absolute atomic E-state index is 12.8. The van der Waals surface area contributed by atoms with Gasteiger partial charge in [0.1, 0.15) is 0 Å². The summed E-state index contributed by atoms with van der Waals surface area (Å²) in [5.41, 5.74) is 3.67. The van der Waals surface area contributed by atoms with Gasteiger partial charge in [-0.05, 0) is 31.2 Å². The van der Waals surface area contributed by atoms with Crippen molar-refractivity contribution in [3.8, 4) is 0 Å². The van der Waals surface area contributed by atoms with Crippen molar-refractivity contribution in [1.82, 2.24) is 20.0 Å². The van der Waals surface area contributed by atoms with Crippen LogP contribution in [0.25, 0.3) is 0 Å². The van der Waals surface area contributed by atoms with Crippen molar-refractivity contribution in [2.24, 2.45) is 0 Å². The molecule has 144 valence electrons. The lowest BCUT2D eigenvalue weighted by Gasteiger charge is -2.34. The number of hydrogen-bond acceptors (Lipinski definition) is 3. The molecule has 2 atom stereocenters.